The van der Waals surface area contributed by atoms with Crippen LogP contribution in [0.15, 0.2) is 30.3 Å². The van der Waals surface area contributed by atoms with Crippen LogP contribution in [0.4, 0.5) is 9.59 Å². The van der Waals surface area contributed by atoms with Crippen molar-refractivity contribution in [1.29, 1.82) is 0 Å². The number of hydrogen-bond donors (Lipinski definition) is 1. The Balaban J connectivity index is 1.91. The van der Waals surface area contributed by atoms with Crippen molar-refractivity contribution in [2.45, 2.75) is 19.4 Å². The summed E-state index contributed by atoms with van der Waals surface area (Å²) in [5, 5.41) is 2.73. The van der Waals surface area contributed by atoms with Crippen molar-refractivity contribution >= 4 is 18.1 Å². The molecule has 0 unspecified atom stereocenters. The average Bonchev–Trinajstić information content (AvgIpc) is 2.68. The molecule has 0 spiro atoms. The fourth-order valence-corrected chi connectivity index (χ4v) is 2.73. The Morgan fingerprint density at radius 1 is 1.08 bits per heavy atom. The largest absolute Gasteiger partial charge is 0.467 e. The normalized spacial score (nSPS) is 15.2. The average molecular weight is 363 g/mol. The van der Waals surface area contributed by atoms with Gasteiger partial charge in [0, 0.05) is 32.6 Å². The third-order valence-corrected chi connectivity index (χ3v) is 4.16. The van der Waals surface area contributed by atoms with E-state index in [1.807, 2.05) is 30.3 Å². The number of methoxy groups -OCH3 is 1. The third-order valence-electron chi connectivity index (χ3n) is 4.16. The number of ether oxygens (including phenoxy) is 2. The zero-order valence-corrected chi connectivity index (χ0v) is 15.1. The minimum atomic E-state index is -0.766. The molecule has 26 heavy (non-hydrogen) atoms. The zero-order valence-electron chi connectivity index (χ0n) is 15.1. The van der Waals surface area contributed by atoms with E-state index in [9.17, 15) is 14.4 Å². The van der Waals surface area contributed by atoms with Gasteiger partial charge in [-0.1, -0.05) is 30.3 Å². The molecule has 142 valence electrons. The van der Waals surface area contributed by atoms with E-state index in [2.05, 4.69) is 5.32 Å². The summed E-state index contributed by atoms with van der Waals surface area (Å²) < 4.78 is 9.77. The number of nitrogens with one attached hydrogen (secondary N) is 1. The van der Waals surface area contributed by atoms with Crippen molar-refractivity contribution in [2.24, 2.45) is 0 Å². The highest BCUT2D eigenvalue weighted by molar-refractivity contribution is 5.84. The summed E-state index contributed by atoms with van der Waals surface area (Å²) >= 11 is 0. The van der Waals surface area contributed by atoms with Gasteiger partial charge in [0.1, 0.15) is 6.04 Å². The van der Waals surface area contributed by atoms with E-state index in [0.717, 1.165) is 5.56 Å². The summed E-state index contributed by atoms with van der Waals surface area (Å²) in [5.41, 5.74) is 0.926. The summed E-state index contributed by atoms with van der Waals surface area (Å²) in [5.74, 6) is -0.493. The van der Waals surface area contributed by atoms with E-state index >= 15 is 0 Å². The highest BCUT2D eigenvalue weighted by Gasteiger charge is 2.28. The van der Waals surface area contributed by atoms with Gasteiger partial charge in [-0.05, 0) is 12.5 Å². The Morgan fingerprint density at radius 2 is 1.69 bits per heavy atom. The van der Waals surface area contributed by atoms with Crippen molar-refractivity contribution in [2.75, 3.05) is 39.9 Å². The number of nitrogens with zero attached hydrogens (tertiary/aromatic N) is 2. The molecule has 0 saturated carbocycles. The lowest BCUT2D eigenvalue weighted by molar-refractivity contribution is -0.142. The molecule has 1 aromatic carbocycles. The van der Waals surface area contributed by atoms with E-state index in [0.29, 0.717) is 39.2 Å². The fraction of sp³-hybridized carbons (Fsp3) is 0.500. The maximum Gasteiger partial charge on any atom is 0.409 e. The maximum atomic E-state index is 12.5. The van der Waals surface area contributed by atoms with Gasteiger partial charge in [-0.3, -0.25) is 0 Å². The van der Waals surface area contributed by atoms with E-state index in [1.165, 1.54) is 7.11 Å². The number of rotatable bonds is 5. The van der Waals surface area contributed by atoms with Crippen LogP contribution in [-0.2, 0) is 20.7 Å². The number of urea groups is 1. The lowest BCUT2D eigenvalue weighted by Gasteiger charge is -2.34. The molecular formula is C18H25N3O5. The highest BCUT2D eigenvalue weighted by Crippen LogP contribution is 2.08. The molecule has 1 aromatic rings. The molecule has 0 radical (unpaired) electrons. The number of hydrogen-bond acceptors (Lipinski definition) is 5. The number of carbonyl (C=O) groups is 3. The van der Waals surface area contributed by atoms with E-state index in [1.54, 1.807) is 16.7 Å². The first-order chi connectivity index (χ1) is 12.5. The van der Waals surface area contributed by atoms with Gasteiger partial charge in [0.2, 0.25) is 0 Å². The summed E-state index contributed by atoms with van der Waals surface area (Å²) in [6, 6.07) is 8.30. The molecule has 1 heterocycles. The van der Waals surface area contributed by atoms with Crippen molar-refractivity contribution in [1.82, 2.24) is 15.1 Å². The zero-order chi connectivity index (χ0) is 18.9. The first-order valence-electron chi connectivity index (χ1n) is 8.64. The van der Waals surface area contributed by atoms with E-state index < -0.39 is 12.0 Å². The molecule has 1 atom stereocenters. The molecule has 0 aromatic heterocycles. The molecule has 3 amide bonds. The highest BCUT2D eigenvalue weighted by atomic mass is 16.6. The van der Waals surface area contributed by atoms with Gasteiger partial charge >= 0.3 is 18.1 Å². The molecule has 8 nitrogen and oxygen atoms in total. The third kappa shape index (κ3) is 5.37. The second-order valence-corrected chi connectivity index (χ2v) is 5.89. The van der Waals surface area contributed by atoms with Crippen molar-refractivity contribution in [3.8, 4) is 0 Å². The summed E-state index contributed by atoms with van der Waals surface area (Å²) in [4.78, 5) is 39.4. The van der Waals surface area contributed by atoms with Gasteiger partial charge < -0.3 is 24.6 Å². The number of amides is 3. The molecule has 1 N–H and O–H groups in total. The summed E-state index contributed by atoms with van der Waals surface area (Å²) in [7, 11) is 1.30. The lowest BCUT2D eigenvalue weighted by atomic mass is 10.1. The Labute approximate surface area is 153 Å². The van der Waals surface area contributed by atoms with Gasteiger partial charge in [-0.2, -0.15) is 0 Å². The Kier molecular flexibility index (Phi) is 7.25. The van der Waals surface area contributed by atoms with Crippen LogP contribution in [0.5, 0.6) is 0 Å². The minimum absolute atomic E-state index is 0.319. The monoisotopic (exact) mass is 363 g/mol. The maximum absolute atomic E-state index is 12.5. The second kappa shape index (κ2) is 9.65. The van der Waals surface area contributed by atoms with E-state index in [-0.39, 0.29) is 12.1 Å². The first kappa shape index (κ1) is 19.6. The molecular weight excluding hydrogens is 338 g/mol. The van der Waals surface area contributed by atoms with Gasteiger partial charge in [0.15, 0.2) is 0 Å². The van der Waals surface area contributed by atoms with Crippen LogP contribution >= 0.6 is 0 Å². The van der Waals surface area contributed by atoms with Gasteiger partial charge in [-0.15, -0.1) is 0 Å². The Morgan fingerprint density at radius 3 is 2.27 bits per heavy atom. The lowest BCUT2D eigenvalue weighted by Crippen LogP contribution is -2.56. The molecule has 0 bridgehead atoms. The minimum Gasteiger partial charge on any atom is -0.467 e. The first-order valence-corrected chi connectivity index (χ1v) is 8.64. The van der Waals surface area contributed by atoms with Gasteiger partial charge in [0.05, 0.1) is 13.7 Å². The second-order valence-electron chi connectivity index (χ2n) is 5.89. The fourth-order valence-electron chi connectivity index (χ4n) is 2.73. The van der Waals surface area contributed by atoms with Crippen LogP contribution in [0.1, 0.15) is 12.5 Å². The van der Waals surface area contributed by atoms with Crippen molar-refractivity contribution < 1.29 is 23.9 Å². The quantitative estimate of drug-likeness (QED) is 0.796. The molecule has 1 aliphatic heterocycles. The number of benzene rings is 1. The van der Waals surface area contributed by atoms with Crippen molar-refractivity contribution in [3.63, 3.8) is 0 Å². The summed E-state index contributed by atoms with van der Waals surface area (Å²) in [6.45, 7) is 3.62. The predicted molar refractivity (Wildman–Crippen MR) is 94.6 cm³/mol. The number of esters is 1. The number of carbonyl (C=O) groups excluding carboxylic acids is 3. The smallest absolute Gasteiger partial charge is 0.409 e. The standard InChI is InChI=1S/C18H25N3O5/c1-3-26-18(24)21-11-9-20(10-12-21)17(23)19-15(16(22)25-2)13-14-7-5-4-6-8-14/h4-8,15H,3,9-13H2,1-2H3,(H,19,23)/t15-/m1/s1. The van der Waals surface area contributed by atoms with Crippen molar-refractivity contribution in [3.05, 3.63) is 35.9 Å². The van der Waals surface area contributed by atoms with Crippen LogP contribution < -0.4 is 5.32 Å². The molecule has 2 rings (SSSR count). The molecule has 8 heteroatoms. The van der Waals surface area contributed by atoms with Crippen LogP contribution in [0.25, 0.3) is 0 Å². The number of piperazine rings is 1. The van der Waals surface area contributed by atoms with E-state index in [4.69, 9.17) is 9.47 Å². The SMILES string of the molecule is CCOC(=O)N1CCN(C(=O)N[C@H](Cc2ccccc2)C(=O)OC)CC1. The Bertz CT molecular complexity index is 615. The predicted octanol–water partition coefficient (Wildman–Crippen LogP) is 1.25. The molecule has 1 saturated heterocycles. The topological polar surface area (TPSA) is 88.2 Å². The van der Waals surface area contributed by atoms with Crippen LogP contribution in [0.2, 0.25) is 0 Å². The van der Waals surface area contributed by atoms with Gasteiger partial charge in [-0.25, -0.2) is 14.4 Å². The molecule has 1 aliphatic rings. The molecule has 0 aliphatic carbocycles. The van der Waals surface area contributed by atoms with Crippen LogP contribution in [0, 0.1) is 0 Å². The van der Waals surface area contributed by atoms with Crippen LogP contribution in [0.3, 0.4) is 0 Å². The van der Waals surface area contributed by atoms with Gasteiger partial charge in [0.25, 0.3) is 0 Å². The molecule has 1 fully saturated rings. The Hall–Kier alpha value is -2.77. The summed E-state index contributed by atoms with van der Waals surface area (Å²) in [6.07, 6.45) is -0.0220. The van der Waals surface area contributed by atoms with Crippen LogP contribution in [-0.4, -0.2) is 73.8 Å².